The van der Waals surface area contributed by atoms with Crippen molar-refractivity contribution in [1.82, 2.24) is 0 Å². The van der Waals surface area contributed by atoms with Crippen molar-refractivity contribution in [2.75, 3.05) is 0 Å². The summed E-state index contributed by atoms with van der Waals surface area (Å²) in [5.41, 5.74) is -2.75. The molecule has 0 aromatic carbocycles. The first-order chi connectivity index (χ1) is 16.8. The van der Waals surface area contributed by atoms with E-state index in [1.54, 1.807) is 0 Å². The van der Waals surface area contributed by atoms with Crippen LogP contribution in [0.25, 0.3) is 0 Å². The van der Waals surface area contributed by atoms with Gasteiger partial charge in [0.1, 0.15) is 48.8 Å². The van der Waals surface area contributed by atoms with Gasteiger partial charge in [0.25, 0.3) is 10.1 Å². The Morgan fingerprint density at radius 1 is 0.833 bits per heavy atom. The van der Waals surface area contributed by atoms with Crippen molar-refractivity contribution in [2.45, 2.75) is 125 Å². The summed E-state index contributed by atoms with van der Waals surface area (Å²) in [6, 6.07) is 0. The summed E-state index contributed by atoms with van der Waals surface area (Å²) in [5.74, 6) is -0.777. The standard InChI is InChI=1S/C23H42O12S/c1-2-3-4-5-6-7-8-9-10-11-12-13-14(24)15(25)16(26)18(28)21-19(29)17(27)20(30)22(35-21)23(31)36(32,33)34/h5-6,15-23,25-31H,2-4,7-13H2,1H3,(H,32,33,34)/b6-5-/t15?,16?,17-,18?,19-,20+,21-,22+,23?/m1/s1. The maximum Gasteiger partial charge on any atom is 0.294 e. The SMILES string of the molecule is CCCC/C=C\CCCCCCCC(=O)C(O)C(O)C(O)[C@H]1O[C@H](C(O)S(=O)(=O)O)[C@@H](O)[C@H](O)[C@H]1O. The van der Waals surface area contributed by atoms with Crippen molar-refractivity contribution in [3.05, 3.63) is 12.2 Å². The number of hydrogen-bond donors (Lipinski definition) is 8. The van der Waals surface area contributed by atoms with Crippen molar-refractivity contribution < 1.29 is 58.2 Å². The summed E-state index contributed by atoms with van der Waals surface area (Å²) < 4.78 is 36.3. The zero-order chi connectivity index (χ0) is 27.5. The average molecular weight is 543 g/mol. The molecule has 1 aliphatic rings. The first kappa shape index (κ1) is 33.0. The van der Waals surface area contributed by atoms with Gasteiger partial charge >= 0.3 is 0 Å². The van der Waals surface area contributed by atoms with Crippen LogP contribution in [0.15, 0.2) is 12.2 Å². The van der Waals surface area contributed by atoms with Gasteiger partial charge in [-0.15, -0.1) is 0 Å². The maximum absolute atomic E-state index is 12.3. The molecule has 12 nitrogen and oxygen atoms in total. The highest BCUT2D eigenvalue weighted by atomic mass is 32.2. The van der Waals surface area contributed by atoms with Gasteiger partial charge in [0.05, 0.1) is 0 Å². The zero-order valence-electron chi connectivity index (χ0n) is 20.5. The number of ether oxygens (including phenoxy) is 1. The molecule has 0 radical (unpaired) electrons. The molecular formula is C23H42O12S. The molecule has 0 saturated carbocycles. The molecule has 0 aromatic heterocycles. The second-order valence-corrected chi connectivity index (χ2v) is 10.8. The molecule has 0 spiro atoms. The molecule has 0 aromatic rings. The molecule has 0 aliphatic carbocycles. The predicted molar refractivity (Wildman–Crippen MR) is 128 cm³/mol. The second kappa shape index (κ2) is 16.1. The maximum atomic E-state index is 12.3. The lowest BCUT2D eigenvalue weighted by atomic mass is 9.88. The third-order valence-electron chi connectivity index (χ3n) is 6.30. The van der Waals surface area contributed by atoms with E-state index in [-0.39, 0.29) is 6.42 Å². The minimum absolute atomic E-state index is 0.0820. The molecule has 8 N–H and O–H groups in total. The monoisotopic (exact) mass is 542 g/mol. The van der Waals surface area contributed by atoms with E-state index in [0.717, 1.165) is 38.5 Å². The van der Waals surface area contributed by atoms with Gasteiger partial charge in [-0.2, -0.15) is 8.42 Å². The van der Waals surface area contributed by atoms with E-state index in [9.17, 15) is 49.0 Å². The van der Waals surface area contributed by atoms with Crippen molar-refractivity contribution in [3.63, 3.8) is 0 Å². The van der Waals surface area contributed by atoms with E-state index >= 15 is 0 Å². The largest absolute Gasteiger partial charge is 0.387 e. The Balaban J connectivity index is 2.52. The van der Waals surface area contributed by atoms with Crippen LogP contribution in [0.2, 0.25) is 0 Å². The third kappa shape index (κ3) is 10.0. The highest BCUT2D eigenvalue weighted by molar-refractivity contribution is 7.86. The smallest absolute Gasteiger partial charge is 0.294 e. The fourth-order valence-electron chi connectivity index (χ4n) is 3.99. The molecule has 1 aliphatic heterocycles. The Morgan fingerprint density at radius 3 is 1.94 bits per heavy atom. The Morgan fingerprint density at radius 2 is 1.36 bits per heavy atom. The van der Waals surface area contributed by atoms with Gasteiger partial charge in [-0.1, -0.05) is 51.2 Å². The number of aliphatic hydroxyl groups excluding tert-OH is 7. The van der Waals surface area contributed by atoms with Crippen molar-refractivity contribution >= 4 is 15.9 Å². The number of carbonyl (C=O) groups excluding carboxylic acids is 1. The zero-order valence-corrected chi connectivity index (χ0v) is 21.4. The molecule has 13 heteroatoms. The molecule has 1 saturated heterocycles. The number of allylic oxidation sites excluding steroid dienone is 2. The number of ketones is 1. The summed E-state index contributed by atoms with van der Waals surface area (Å²) in [6.45, 7) is 2.14. The number of rotatable bonds is 17. The lowest BCUT2D eigenvalue weighted by Gasteiger charge is -2.44. The first-order valence-corrected chi connectivity index (χ1v) is 13.9. The van der Waals surface area contributed by atoms with Gasteiger partial charge in [0, 0.05) is 6.42 Å². The molecule has 9 atom stereocenters. The van der Waals surface area contributed by atoms with Crippen LogP contribution in [0.1, 0.15) is 71.1 Å². The van der Waals surface area contributed by atoms with Gasteiger partial charge in [0.15, 0.2) is 5.78 Å². The molecule has 4 unspecified atom stereocenters. The molecule has 212 valence electrons. The Labute approximate surface area is 212 Å². The van der Waals surface area contributed by atoms with Crippen LogP contribution in [0.3, 0.4) is 0 Å². The quantitative estimate of drug-likeness (QED) is 0.0641. The van der Waals surface area contributed by atoms with Crippen molar-refractivity contribution in [2.24, 2.45) is 0 Å². The van der Waals surface area contributed by atoms with E-state index in [2.05, 4.69) is 19.1 Å². The van der Waals surface area contributed by atoms with Gasteiger partial charge < -0.3 is 40.5 Å². The highest BCUT2D eigenvalue weighted by Gasteiger charge is 2.53. The minimum atomic E-state index is -5.17. The highest BCUT2D eigenvalue weighted by Crippen LogP contribution is 2.28. The van der Waals surface area contributed by atoms with Gasteiger partial charge in [0.2, 0.25) is 5.44 Å². The van der Waals surface area contributed by atoms with Crippen molar-refractivity contribution in [3.8, 4) is 0 Å². The second-order valence-electron chi connectivity index (χ2n) is 9.26. The first-order valence-electron chi connectivity index (χ1n) is 12.4. The number of carbonyl (C=O) groups is 1. The van der Waals surface area contributed by atoms with Crippen LogP contribution in [-0.2, 0) is 19.6 Å². The van der Waals surface area contributed by atoms with Crippen LogP contribution in [0.5, 0.6) is 0 Å². The summed E-state index contributed by atoms with van der Waals surface area (Å²) in [5, 5.41) is 70.4. The average Bonchev–Trinajstić information content (AvgIpc) is 2.83. The summed E-state index contributed by atoms with van der Waals surface area (Å²) in [4.78, 5) is 12.3. The minimum Gasteiger partial charge on any atom is -0.387 e. The number of hydrogen-bond acceptors (Lipinski definition) is 11. The van der Waals surface area contributed by atoms with E-state index in [1.807, 2.05) is 0 Å². The van der Waals surface area contributed by atoms with E-state index in [0.29, 0.717) is 6.42 Å². The van der Waals surface area contributed by atoms with Crippen LogP contribution in [-0.4, -0.2) is 109 Å². The molecule has 0 bridgehead atoms. The van der Waals surface area contributed by atoms with E-state index < -0.39 is 70.2 Å². The van der Waals surface area contributed by atoms with E-state index in [1.165, 1.54) is 12.8 Å². The third-order valence-corrected chi connectivity index (χ3v) is 7.18. The summed E-state index contributed by atoms with van der Waals surface area (Å²) in [6.07, 6.45) is -4.35. The Hall–Kier alpha value is -1.00. The Bertz CT molecular complexity index is 773. The number of Topliss-reactive ketones (excluding diaryl/α,β-unsaturated/α-hetero) is 1. The molecule has 36 heavy (non-hydrogen) atoms. The van der Waals surface area contributed by atoms with Crippen LogP contribution < -0.4 is 0 Å². The summed E-state index contributed by atoms with van der Waals surface area (Å²) in [7, 11) is -5.17. The lowest BCUT2D eigenvalue weighted by molar-refractivity contribution is -0.265. The van der Waals surface area contributed by atoms with Gasteiger partial charge in [-0.25, -0.2) is 0 Å². The molecule has 1 rings (SSSR count). The Kier molecular flexibility index (Phi) is 14.7. The number of aliphatic hydroxyl groups is 7. The van der Waals surface area contributed by atoms with E-state index in [4.69, 9.17) is 9.29 Å². The lowest BCUT2D eigenvalue weighted by Crippen LogP contribution is -2.66. The topological polar surface area (TPSA) is 222 Å². The van der Waals surface area contributed by atoms with Crippen molar-refractivity contribution in [1.29, 1.82) is 0 Å². The molecular weight excluding hydrogens is 500 g/mol. The number of unbranched alkanes of at least 4 members (excludes halogenated alkanes) is 7. The normalized spacial score (nSPS) is 28.6. The molecule has 1 fully saturated rings. The molecule has 0 amide bonds. The fraction of sp³-hybridized carbons (Fsp3) is 0.870. The molecule has 1 heterocycles. The fourth-order valence-corrected chi connectivity index (χ4v) is 4.55. The van der Waals surface area contributed by atoms with Gasteiger partial charge in [-0.05, 0) is 25.7 Å². The van der Waals surface area contributed by atoms with Crippen LogP contribution in [0, 0.1) is 0 Å². The van der Waals surface area contributed by atoms with Crippen LogP contribution in [0.4, 0.5) is 0 Å². The summed E-state index contributed by atoms with van der Waals surface area (Å²) >= 11 is 0. The van der Waals surface area contributed by atoms with Crippen LogP contribution >= 0.6 is 0 Å². The predicted octanol–water partition coefficient (Wildman–Crippen LogP) is -0.828. The van der Waals surface area contributed by atoms with Gasteiger partial charge in [-0.3, -0.25) is 9.35 Å².